The second kappa shape index (κ2) is 3.00. The number of carbonyl (C=O) groups is 1. The van der Waals surface area contributed by atoms with Gasteiger partial charge in [-0.15, -0.1) is 0 Å². The molecule has 1 aromatic carbocycles. The summed E-state index contributed by atoms with van der Waals surface area (Å²) in [5.74, 6) is 0.0299. The molecule has 1 fully saturated rings. The summed E-state index contributed by atoms with van der Waals surface area (Å²) < 4.78 is 1.02. The van der Waals surface area contributed by atoms with Crippen molar-refractivity contribution in [3.8, 4) is 0 Å². The van der Waals surface area contributed by atoms with Crippen molar-refractivity contribution in [1.82, 2.24) is 0 Å². The van der Waals surface area contributed by atoms with Gasteiger partial charge in [-0.3, -0.25) is 4.79 Å². The van der Waals surface area contributed by atoms with Crippen LogP contribution in [-0.4, -0.2) is 12.5 Å². The van der Waals surface area contributed by atoms with Crippen LogP contribution in [0, 0.1) is 0 Å². The number of benzene rings is 1. The van der Waals surface area contributed by atoms with Crippen molar-refractivity contribution in [3.05, 3.63) is 40.9 Å². The molecule has 0 N–H and O–H groups in total. The molecule has 0 radical (unpaired) electrons. The van der Waals surface area contributed by atoms with Gasteiger partial charge in [-0.1, -0.05) is 22.5 Å². The molecule has 2 nitrogen and oxygen atoms in total. The van der Waals surface area contributed by atoms with Gasteiger partial charge in [-0.05, 0) is 24.3 Å². The van der Waals surface area contributed by atoms with Crippen LogP contribution in [0.3, 0.4) is 0 Å². The van der Waals surface area contributed by atoms with E-state index in [1.165, 1.54) is 0 Å². The van der Waals surface area contributed by atoms with Gasteiger partial charge in [0.15, 0.2) is 0 Å². The molecule has 0 aromatic heterocycles. The van der Waals surface area contributed by atoms with Crippen LogP contribution in [-0.2, 0) is 4.79 Å². The van der Waals surface area contributed by atoms with Gasteiger partial charge in [0.25, 0.3) is 5.91 Å². The van der Waals surface area contributed by atoms with Crippen LogP contribution in [0.25, 0.3) is 0 Å². The Morgan fingerprint density at radius 3 is 2.38 bits per heavy atom. The average Bonchev–Trinajstić information content (AvgIpc) is 2.15. The molecular formula is C10H8BrNO. The Kier molecular flexibility index (Phi) is 1.96. The lowest BCUT2D eigenvalue weighted by atomic mass is 10.1. The molecule has 66 valence electrons. The van der Waals surface area contributed by atoms with Gasteiger partial charge in [0.05, 0.1) is 6.54 Å². The fourth-order valence-electron chi connectivity index (χ4n) is 1.26. The highest BCUT2D eigenvalue weighted by atomic mass is 79.9. The average molecular weight is 238 g/mol. The van der Waals surface area contributed by atoms with Crippen molar-refractivity contribution in [2.24, 2.45) is 0 Å². The standard InChI is InChI=1S/C10H8BrNO/c1-7-6-12(10(7)13)9-4-2-8(11)3-5-9/h2-5H,1,6H2. The van der Waals surface area contributed by atoms with Gasteiger partial charge in [0, 0.05) is 15.7 Å². The number of anilines is 1. The van der Waals surface area contributed by atoms with E-state index in [2.05, 4.69) is 22.5 Å². The lowest BCUT2D eigenvalue weighted by Crippen LogP contribution is -2.45. The van der Waals surface area contributed by atoms with Crippen LogP contribution in [0.4, 0.5) is 5.69 Å². The SMILES string of the molecule is C=C1CN(c2ccc(Br)cc2)C1=O. The third kappa shape index (κ3) is 1.40. The normalized spacial score (nSPS) is 15.9. The summed E-state index contributed by atoms with van der Waals surface area (Å²) in [6, 6.07) is 7.66. The number of halogens is 1. The molecule has 0 aliphatic carbocycles. The smallest absolute Gasteiger partial charge is 0.255 e. The lowest BCUT2D eigenvalue weighted by molar-refractivity contribution is -0.117. The van der Waals surface area contributed by atoms with Crippen molar-refractivity contribution >= 4 is 27.5 Å². The Hall–Kier alpha value is -1.09. The highest BCUT2D eigenvalue weighted by Crippen LogP contribution is 2.25. The quantitative estimate of drug-likeness (QED) is 0.543. The van der Waals surface area contributed by atoms with E-state index in [-0.39, 0.29) is 5.91 Å². The summed E-state index contributed by atoms with van der Waals surface area (Å²) in [5, 5.41) is 0. The summed E-state index contributed by atoms with van der Waals surface area (Å²) in [5.41, 5.74) is 1.61. The molecular weight excluding hydrogens is 230 g/mol. The van der Waals surface area contributed by atoms with E-state index in [1.54, 1.807) is 4.90 Å². The Bertz CT molecular complexity index is 369. The zero-order valence-corrected chi connectivity index (χ0v) is 8.54. The maximum atomic E-state index is 11.3. The summed E-state index contributed by atoms with van der Waals surface area (Å²) in [4.78, 5) is 13.0. The first kappa shape index (κ1) is 8.51. The van der Waals surface area contributed by atoms with Crippen LogP contribution in [0.15, 0.2) is 40.9 Å². The van der Waals surface area contributed by atoms with Gasteiger partial charge in [-0.2, -0.15) is 0 Å². The molecule has 1 aromatic rings. The van der Waals surface area contributed by atoms with Crippen molar-refractivity contribution < 1.29 is 4.79 Å². The summed E-state index contributed by atoms with van der Waals surface area (Å²) in [6.45, 7) is 4.29. The van der Waals surface area contributed by atoms with Gasteiger partial charge < -0.3 is 4.90 Å². The summed E-state index contributed by atoms with van der Waals surface area (Å²) >= 11 is 3.34. The molecule has 0 atom stereocenters. The van der Waals surface area contributed by atoms with E-state index >= 15 is 0 Å². The highest BCUT2D eigenvalue weighted by molar-refractivity contribution is 9.10. The zero-order valence-electron chi connectivity index (χ0n) is 6.96. The van der Waals surface area contributed by atoms with Crippen molar-refractivity contribution in [1.29, 1.82) is 0 Å². The van der Waals surface area contributed by atoms with E-state index in [0.717, 1.165) is 10.2 Å². The molecule has 1 heterocycles. The number of β-lactam (4-membered cyclic amide) rings is 1. The first-order valence-electron chi connectivity index (χ1n) is 3.94. The Labute approximate surface area is 85.0 Å². The lowest BCUT2D eigenvalue weighted by Gasteiger charge is -2.32. The fraction of sp³-hybridized carbons (Fsp3) is 0.100. The van der Waals surface area contributed by atoms with Crippen molar-refractivity contribution in [3.63, 3.8) is 0 Å². The largest absolute Gasteiger partial charge is 0.304 e. The van der Waals surface area contributed by atoms with E-state index in [1.807, 2.05) is 24.3 Å². The number of nitrogens with zero attached hydrogens (tertiary/aromatic N) is 1. The van der Waals surface area contributed by atoms with E-state index in [4.69, 9.17) is 0 Å². The van der Waals surface area contributed by atoms with E-state index in [0.29, 0.717) is 12.1 Å². The predicted molar refractivity (Wildman–Crippen MR) is 55.6 cm³/mol. The molecule has 2 rings (SSSR count). The molecule has 0 spiro atoms. The van der Waals surface area contributed by atoms with Gasteiger partial charge >= 0.3 is 0 Å². The van der Waals surface area contributed by atoms with Crippen LogP contribution in [0.2, 0.25) is 0 Å². The van der Waals surface area contributed by atoms with Gasteiger partial charge in [0.2, 0.25) is 0 Å². The molecule has 1 amide bonds. The Balaban J connectivity index is 2.23. The topological polar surface area (TPSA) is 20.3 Å². The Morgan fingerprint density at radius 1 is 1.31 bits per heavy atom. The van der Waals surface area contributed by atoms with Crippen LogP contribution in [0.5, 0.6) is 0 Å². The number of carbonyl (C=O) groups excluding carboxylic acids is 1. The van der Waals surface area contributed by atoms with Crippen LogP contribution < -0.4 is 4.90 Å². The molecule has 1 saturated heterocycles. The number of hydrogen-bond acceptors (Lipinski definition) is 1. The first-order valence-corrected chi connectivity index (χ1v) is 4.73. The number of hydrogen-bond donors (Lipinski definition) is 0. The number of amides is 1. The predicted octanol–water partition coefficient (Wildman–Crippen LogP) is 2.35. The van der Waals surface area contributed by atoms with Gasteiger partial charge in [-0.25, -0.2) is 0 Å². The molecule has 0 saturated carbocycles. The van der Waals surface area contributed by atoms with E-state index in [9.17, 15) is 4.79 Å². The minimum absolute atomic E-state index is 0.0299. The second-order valence-corrected chi connectivity index (χ2v) is 3.89. The van der Waals surface area contributed by atoms with Crippen LogP contribution >= 0.6 is 15.9 Å². The molecule has 1 aliphatic rings. The molecule has 0 unspecified atom stereocenters. The van der Waals surface area contributed by atoms with Crippen molar-refractivity contribution in [2.45, 2.75) is 0 Å². The third-order valence-electron chi connectivity index (χ3n) is 2.03. The van der Waals surface area contributed by atoms with Crippen molar-refractivity contribution in [2.75, 3.05) is 11.4 Å². The van der Waals surface area contributed by atoms with Gasteiger partial charge in [0.1, 0.15) is 0 Å². The van der Waals surface area contributed by atoms with E-state index < -0.39 is 0 Å². The minimum Gasteiger partial charge on any atom is -0.304 e. The number of rotatable bonds is 1. The molecule has 0 bridgehead atoms. The van der Waals surface area contributed by atoms with Crippen LogP contribution in [0.1, 0.15) is 0 Å². The monoisotopic (exact) mass is 237 g/mol. The summed E-state index contributed by atoms with van der Waals surface area (Å²) in [7, 11) is 0. The fourth-order valence-corrected chi connectivity index (χ4v) is 1.52. The Morgan fingerprint density at radius 2 is 1.92 bits per heavy atom. The first-order chi connectivity index (χ1) is 6.18. The maximum absolute atomic E-state index is 11.3. The molecule has 1 aliphatic heterocycles. The molecule has 3 heteroatoms. The highest BCUT2D eigenvalue weighted by Gasteiger charge is 2.29. The second-order valence-electron chi connectivity index (χ2n) is 2.97. The maximum Gasteiger partial charge on any atom is 0.255 e. The summed E-state index contributed by atoms with van der Waals surface area (Å²) in [6.07, 6.45) is 0. The minimum atomic E-state index is 0.0299. The molecule has 13 heavy (non-hydrogen) atoms. The third-order valence-corrected chi connectivity index (χ3v) is 2.56. The zero-order chi connectivity index (χ0) is 9.42.